The van der Waals surface area contributed by atoms with Gasteiger partial charge in [-0.25, -0.2) is 4.79 Å². The zero-order chi connectivity index (χ0) is 9.15. The van der Waals surface area contributed by atoms with Crippen molar-refractivity contribution in [2.24, 2.45) is 0 Å². The Bertz CT molecular complexity index is 232. The van der Waals surface area contributed by atoms with Gasteiger partial charge in [0, 0.05) is 0 Å². The fourth-order valence-corrected chi connectivity index (χ4v) is 1.50. The van der Waals surface area contributed by atoms with Gasteiger partial charge in [0.05, 0.1) is 0 Å². The number of ether oxygens (including phenoxy) is 2. The normalized spacial score (nSPS) is 48.6. The molecule has 0 bridgehead atoms. The molecule has 2 unspecified atom stereocenters. The van der Waals surface area contributed by atoms with Crippen molar-refractivity contribution in [3.63, 3.8) is 0 Å². The van der Waals surface area contributed by atoms with E-state index >= 15 is 0 Å². The molecule has 1 aliphatic heterocycles. The van der Waals surface area contributed by atoms with E-state index in [4.69, 9.17) is 14.6 Å². The van der Waals surface area contributed by atoms with Gasteiger partial charge in [-0.1, -0.05) is 0 Å². The Morgan fingerprint density at radius 3 is 2.08 bits per heavy atom. The summed E-state index contributed by atoms with van der Waals surface area (Å²) >= 11 is 0. The monoisotopic (exact) mass is 174 g/mol. The van der Waals surface area contributed by atoms with E-state index in [9.17, 15) is 9.90 Å². The molecular weight excluding hydrogens is 164 g/mol. The van der Waals surface area contributed by atoms with Crippen molar-refractivity contribution >= 4 is 5.97 Å². The second-order valence-electron chi connectivity index (χ2n) is 3.61. The molecule has 2 fully saturated rings. The molecule has 0 amide bonds. The Kier molecular flexibility index (Phi) is 1.20. The van der Waals surface area contributed by atoms with Crippen LogP contribution in [0.4, 0.5) is 0 Å². The number of carbonyl (C=O) groups is 1. The molecule has 5 heteroatoms. The SMILES string of the molecule is CC1(C)OC2C(O1)C2(O)C(=O)O. The van der Waals surface area contributed by atoms with Gasteiger partial charge >= 0.3 is 5.97 Å². The van der Waals surface area contributed by atoms with Crippen molar-refractivity contribution in [1.82, 2.24) is 0 Å². The first-order valence-corrected chi connectivity index (χ1v) is 3.69. The van der Waals surface area contributed by atoms with Crippen LogP contribution in [0, 0.1) is 0 Å². The third kappa shape index (κ3) is 0.757. The maximum atomic E-state index is 10.5. The maximum Gasteiger partial charge on any atom is 0.341 e. The third-order valence-electron chi connectivity index (χ3n) is 2.20. The standard InChI is InChI=1S/C7H10O5/c1-6(2)11-3-4(12-6)7(3,10)5(8)9/h3-4,10H,1-2H3,(H,8,9). The van der Waals surface area contributed by atoms with E-state index in [-0.39, 0.29) is 0 Å². The fourth-order valence-electron chi connectivity index (χ4n) is 1.50. The van der Waals surface area contributed by atoms with Crippen LogP contribution in [0.25, 0.3) is 0 Å². The van der Waals surface area contributed by atoms with Gasteiger partial charge in [0.2, 0.25) is 5.60 Å². The van der Waals surface area contributed by atoms with E-state index in [0.717, 1.165) is 0 Å². The number of fused-ring (bicyclic) bond motifs is 1. The Balaban J connectivity index is 2.13. The summed E-state index contributed by atoms with van der Waals surface area (Å²) in [6.07, 6.45) is -1.41. The summed E-state index contributed by atoms with van der Waals surface area (Å²) in [6.45, 7) is 3.36. The van der Waals surface area contributed by atoms with Crippen LogP contribution in [0.15, 0.2) is 0 Å². The van der Waals surface area contributed by atoms with E-state index < -0.39 is 29.6 Å². The lowest BCUT2D eigenvalue weighted by molar-refractivity contribution is -0.210. The molecular formula is C7H10O5. The molecule has 68 valence electrons. The van der Waals surface area contributed by atoms with Crippen LogP contribution >= 0.6 is 0 Å². The molecule has 2 atom stereocenters. The molecule has 0 aromatic carbocycles. The molecule has 0 radical (unpaired) electrons. The van der Waals surface area contributed by atoms with Crippen LogP contribution in [0.3, 0.4) is 0 Å². The van der Waals surface area contributed by atoms with Crippen LogP contribution in [-0.4, -0.2) is 39.8 Å². The average Bonchev–Trinajstić information content (AvgIpc) is 2.38. The highest BCUT2D eigenvalue weighted by molar-refractivity contribution is 5.84. The minimum Gasteiger partial charge on any atom is -0.479 e. The number of carboxylic acids is 1. The summed E-state index contributed by atoms with van der Waals surface area (Å²) in [5.41, 5.74) is -1.81. The van der Waals surface area contributed by atoms with Crippen molar-refractivity contribution in [1.29, 1.82) is 0 Å². The molecule has 0 aromatic rings. The molecule has 1 saturated heterocycles. The highest BCUT2D eigenvalue weighted by Crippen LogP contribution is 2.51. The Labute approximate surface area is 68.9 Å². The zero-order valence-electron chi connectivity index (χ0n) is 6.77. The minimum atomic E-state index is -1.81. The van der Waals surface area contributed by atoms with Crippen LogP contribution in [-0.2, 0) is 14.3 Å². The number of aliphatic carboxylic acids is 1. The predicted molar refractivity (Wildman–Crippen MR) is 36.4 cm³/mol. The lowest BCUT2D eigenvalue weighted by Gasteiger charge is -2.22. The topological polar surface area (TPSA) is 76.0 Å². The van der Waals surface area contributed by atoms with Gasteiger partial charge in [-0.3, -0.25) is 0 Å². The summed E-state index contributed by atoms with van der Waals surface area (Å²) in [5, 5.41) is 17.9. The van der Waals surface area contributed by atoms with E-state index in [1.54, 1.807) is 13.8 Å². The fraction of sp³-hybridized carbons (Fsp3) is 0.857. The summed E-state index contributed by atoms with van der Waals surface area (Å²) in [4.78, 5) is 10.5. The van der Waals surface area contributed by atoms with Crippen LogP contribution in [0.1, 0.15) is 13.8 Å². The van der Waals surface area contributed by atoms with E-state index in [1.807, 2.05) is 0 Å². The van der Waals surface area contributed by atoms with Gasteiger partial charge in [-0.05, 0) is 13.8 Å². The molecule has 5 nitrogen and oxygen atoms in total. The van der Waals surface area contributed by atoms with Crippen molar-refractivity contribution in [3.05, 3.63) is 0 Å². The van der Waals surface area contributed by atoms with Gasteiger partial charge in [-0.15, -0.1) is 0 Å². The Hall–Kier alpha value is -0.650. The van der Waals surface area contributed by atoms with Crippen LogP contribution < -0.4 is 0 Å². The third-order valence-corrected chi connectivity index (χ3v) is 2.20. The maximum absolute atomic E-state index is 10.5. The minimum absolute atomic E-state index is 0.704. The van der Waals surface area contributed by atoms with Crippen LogP contribution in [0.5, 0.6) is 0 Å². The lowest BCUT2D eigenvalue weighted by Crippen LogP contribution is -2.38. The summed E-state index contributed by atoms with van der Waals surface area (Å²) < 4.78 is 10.3. The highest BCUT2D eigenvalue weighted by atomic mass is 16.8. The van der Waals surface area contributed by atoms with Crippen molar-refractivity contribution in [3.8, 4) is 0 Å². The van der Waals surface area contributed by atoms with Crippen molar-refractivity contribution in [2.45, 2.75) is 37.4 Å². The van der Waals surface area contributed by atoms with Crippen molar-refractivity contribution < 1.29 is 24.5 Å². The molecule has 1 heterocycles. The molecule has 0 aromatic heterocycles. The van der Waals surface area contributed by atoms with Crippen molar-refractivity contribution in [2.75, 3.05) is 0 Å². The molecule has 2 N–H and O–H groups in total. The van der Waals surface area contributed by atoms with E-state index in [0.29, 0.717) is 0 Å². The second kappa shape index (κ2) is 1.81. The first-order chi connectivity index (χ1) is 5.38. The molecule has 12 heavy (non-hydrogen) atoms. The average molecular weight is 174 g/mol. The van der Waals surface area contributed by atoms with E-state index in [2.05, 4.69) is 0 Å². The largest absolute Gasteiger partial charge is 0.479 e. The smallest absolute Gasteiger partial charge is 0.341 e. The van der Waals surface area contributed by atoms with Crippen LogP contribution in [0.2, 0.25) is 0 Å². The van der Waals surface area contributed by atoms with Gasteiger partial charge in [0.25, 0.3) is 0 Å². The Morgan fingerprint density at radius 2 is 1.75 bits per heavy atom. The lowest BCUT2D eigenvalue weighted by atomic mass is 10.3. The molecule has 0 spiro atoms. The number of rotatable bonds is 1. The molecule has 1 aliphatic carbocycles. The highest BCUT2D eigenvalue weighted by Gasteiger charge is 2.78. The summed E-state index contributed by atoms with van der Waals surface area (Å²) in [5.74, 6) is -2.05. The van der Waals surface area contributed by atoms with Gasteiger partial charge in [0.1, 0.15) is 12.2 Å². The van der Waals surface area contributed by atoms with E-state index in [1.165, 1.54) is 0 Å². The number of hydrogen-bond donors (Lipinski definition) is 2. The van der Waals surface area contributed by atoms with Gasteiger partial charge in [0.15, 0.2) is 5.79 Å². The predicted octanol–water partition coefficient (Wildman–Crippen LogP) is -0.664. The summed E-state index contributed by atoms with van der Waals surface area (Å²) in [6, 6.07) is 0. The molecule has 2 rings (SSSR count). The molecule has 2 aliphatic rings. The van der Waals surface area contributed by atoms with Gasteiger partial charge < -0.3 is 19.7 Å². The molecule has 1 saturated carbocycles. The number of aliphatic hydroxyl groups is 1. The quantitative estimate of drug-likeness (QED) is 0.551. The van der Waals surface area contributed by atoms with Gasteiger partial charge in [-0.2, -0.15) is 0 Å². The summed E-state index contributed by atoms with van der Waals surface area (Å²) in [7, 11) is 0. The first-order valence-electron chi connectivity index (χ1n) is 3.69. The Morgan fingerprint density at radius 1 is 1.33 bits per heavy atom. The number of carboxylic acid groups (broad SMARTS) is 1. The first kappa shape index (κ1) is 7.97. The number of hydrogen-bond acceptors (Lipinski definition) is 4. The second-order valence-corrected chi connectivity index (χ2v) is 3.61. The zero-order valence-corrected chi connectivity index (χ0v) is 6.77.